The number of allylic oxidation sites excluding steroid dienone is 2. The van der Waals surface area contributed by atoms with Crippen molar-refractivity contribution in [3.05, 3.63) is 9.81 Å². The summed E-state index contributed by atoms with van der Waals surface area (Å²) in [6.45, 7) is 4.05. The third-order valence-corrected chi connectivity index (χ3v) is 4.30. The van der Waals surface area contributed by atoms with Crippen LogP contribution in [0.25, 0.3) is 0 Å². The lowest BCUT2D eigenvalue weighted by atomic mass is 10.6. The molecule has 0 bridgehead atoms. The average Bonchev–Trinajstić information content (AvgIpc) is 2.31. The summed E-state index contributed by atoms with van der Waals surface area (Å²) in [5.74, 6) is -0.142. The van der Waals surface area contributed by atoms with E-state index in [-0.39, 0.29) is 10.6 Å². The molecule has 0 spiro atoms. The molecule has 0 aromatic carbocycles. The molecule has 0 fully saturated rings. The van der Waals surface area contributed by atoms with Crippen molar-refractivity contribution in [1.29, 1.82) is 0 Å². The number of hydrogen-bond acceptors (Lipinski definition) is 4. The zero-order chi connectivity index (χ0) is 8.43. The maximum absolute atomic E-state index is 11.0. The molecule has 0 amide bonds. The highest BCUT2D eigenvalue weighted by Gasteiger charge is 2.27. The van der Waals surface area contributed by atoms with Gasteiger partial charge < -0.3 is 4.74 Å². The van der Waals surface area contributed by atoms with Crippen LogP contribution in [-0.2, 0) is 9.53 Å². The van der Waals surface area contributed by atoms with Crippen LogP contribution >= 0.6 is 23.5 Å². The molecule has 62 valence electrons. The first-order valence-electron chi connectivity index (χ1n) is 3.23. The van der Waals surface area contributed by atoms with E-state index < -0.39 is 0 Å². The van der Waals surface area contributed by atoms with Crippen molar-refractivity contribution < 1.29 is 9.53 Å². The van der Waals surface area contributed by atoms with Gasteiger partial charge in [-0.25, -0.2) is 4.79 Å². The summed E-state index contributed by atoms with van der Waals surface area (Å²) in [4.78, 5) is 13.5. The van der Waals surface area contributed by atoms with Gasteiger partial charge in [-0.2, -0.15) is 0 Å². The van der Waals surface area contributed by atoms with E-state index in [1.165, 1.54) is 16.9 Å². The molecular formula is C7H10O2S2. The average molecular weight is 190 g/mol. The Morgan fingerprint density at radius 2 is 1.82 bits per heavy atom. The fourth-order valence-electron chi connectivity index (χ4n) is 0.704. The summed E-state index contributed by atoms with van der Waals surface area (Å²) in [7, 11) is 1.42. The predicted molar refractivity (Wildman–Crippen MR) is 49.4 cm³/mol. The largest absolute Gasteiger partial charge is 0.468 e. The van der Waals surface area contributed by atoms with Crippen LogP contribution in [0, 0.1) is 0 Å². The summed E-state index contributed by atoms with van der Waals surface area (Å²) in [6.07, 6.45) is 0. The van der Waals surface area contributed by atoms with E-state index >= 15 is 0 Å². The summed E-state index contributed by atoms with van der Waals surface area (Å²) >= 11 is 3.15. The molecular weight excluding hydrogens is 180 g/mol. The fraction of sp³-hybridized carbons (Fsp3) is 0.571. The van der Waals surface area contributed by atoms with Crippen LogP contribution in [0.1, 0.15) is 13.8 Å². The van der Waals surface area contributed by atoms with Gasteiger partial charge in [0.25, 0.3) is 0 Å². The Kier molecular flexibility index (Phi) is 2.90. The number of thioether (sulfide) groups is 2. The third kappa shape index (κ3) is 1.93. The summed E-state index contributed by atoms with van der Waals surface area (Å²) in [5.41, 5.74) is 0. The van der Waals surface area contributed by atoms with Crippen molar-refractivity contribution in [2.45, 2.75) is 18.4 Å². The lowest BCUT2D eigenvalue weighted by Gasteiger charge is -2.04. The molecule has 0 atom stereocenters. The van der Waals surface area contributed by atoms with E-state index in [1.807, 2.05) is 13.8 Å². The highest BCUT2D eigenvalue weighted by atomic mass is 32.2. The number of rotatable bonds is 1. The number of carbonyl (C=O) groups is 1. The molecule has 11 heavy (non-hydrogen) atoms. The molecule has 0 unspecified atom stereocenters. The van der Waals surface area contributed by atoms with Crippen molar-refractivity contribution in [3.63, 3.8) is 0 Å². The van der Waals surface area contributed by atoms with Crippen LogP contribution in [-0.4, -0.2) is 17.7 Å². The first-order valence-corrected chi connectivity index (χ1v) is 4.99. The van der Waals surface area contributed by atoms with Crippen LogP contribution in [0.15, 0.2) is 9.81 Å². The van der Waals surface area contributed by atoms with Gasteiger partial charge >= 0.3 is 5.97 Å². The normalized spacial score (nSPS) is 19.2. The molecule has 2 nitrogen and oxygen atoms in total. The second-order valence-electron chi connectivity index (χ2n) is 2.20. The minimum absolute atomic E-state index is 0.0694. The van der Waals surface area contributed by atoms with Crippen LogP contribution in [0.3, 0.4) is 0 Å². The fourth-order valence-corrected chi connectivity index (χ4v) is 3.41. The molecule has 0 aromatic rings. The number of ether oxygens (including phenoxy) is 1. The first-order chi connectivity index (χ1) is 5.15. The van der Waals surface area contributed by atoms with E-state index in [4.69, 9.17) is 0 Å². The Morgan fingerprint density at radius 1 is 1.36 bits per heavy atom. The lowest BCUT2D eigenvalue weighted by molar-refractivity contribution is -0.138. The molecule has 1 aliphatic heterocycles. The standard InChI is InChI=1S/C7H10O2S2/c1-4-5(2)11-7(10-4)6(8)9-3/h7H,1-3H3. The van der Waals surface area contributed by atoms with Gasteiger partial charge in [0.05, 0.1) is 7.11 Å². The Balaban J connectivity index is 2.54. The summed E-state index contributed by atoms with van der Waals surface area (Å²) < 4.78 is 4.55. The van der Waals surface area contributed by atoms with E-state index in [0.717, 1.165) is 0 Å². The molecule has 1 aliphatic rings. The van der Waals surface area contributed by atoms with Crippen LogP contribution in [0.4, 0.5) is 0 Å². The smallest absolute Gasteiger partial charge is 0.329 e. The quantitative estimate of drug-likeness (QED) is 0.592. The molecule has 0 saturated carbocycles. The second kappa shape index (κ2) is 3.54. The number of esters is 1. The SMILES string of the molecule is COC(=O)C1SC(C)=C(C)S1. The molecule has 0 aromatic heterocycles. The van der Waals surface area contributed by atoms with Gasteiger partial charge in [-0.15, -0.1) is 23.5 Å². The van der Waals surface area contributed by atoms with Gasteiger partial charge in [0.2, 0.25) is 0 Å². The van der Waals surface area contributed by atoms with Gasteiger partial charge in [-0.05, 0) is 23.7 Å². The Hall–Kier alpha value is -0.0900. The Morgan fingerprint density at radius 3 is 2.18 bits per heavy atom. The van der Waals surface area contributed by atoms with Crippen molar-refractivity contribution in [2.24, 2.45) is 0 Å². The van der Waals surface area contributed by atoms with Crippen LogP contribution < -0.4 is 0 Å². The molecule has 0 radical (unpaired) electrons. The lowest BCUT2D eigenvalue weighted by Crippen LogP contribution is -2.12. The van der Waals surface area contributed by atoms with E-state index in [0.29, 0.717) is 0 Å². The monoisotopic (exact) mass is 190 g/mol. The Bertz CT molecular complexity index is 196. The summed E-state index contributed by atoms with van der Waals surface area (Å²) in [5, 5.41) is 0. The third-order valence-electron chi connectivity index (χ3n) is 1.46. The molecule has 1 rings (SSSR count). The number of methoxy groups -OCH3 is 1. The molecule has 0 aliphatic carbocycles. The van der Waals surface area contributed by atoms with Gasteiger partial charge in [0, 0.05) is 0 Å². The maximum atomic E-state index is 11.0. The first kappa shape index (κ1) is 9.00. The predicted octanol–water partition coefficient (Wildman–Crippen LogP) is 2.22. The van der Waals surface area contributed by atoms with Gasteiger partial charge in [0.1, 0.15) is 0 Å². The highest BCUT2D eigenvalue weighted by Crippen LogP contribution is 2.45. The van der Waals surface area contributed by atoms with Crippen molar-refractivity contribution in [3.8, 4) is 0 Å². The number of hydrogen-bond donors (Lipinski definition) is 0. The van der Waals surface area contributed by atoms with Gasteiger partial charge in [0.15, 0.2) is 4.58 Å². The maximum Gasteiger partial charge on any atom is 0.329 e. The zero-order valence-electron chi connectivity index (χ0n) is 6.71. The van der Waals surface area contributed by atoms with Crippen molar-refractivity contribution in [2.75, 3.05) is 7.11 Å². The molecule has 4 heteroatoms. The van der Waals surface area contributed by atoms with E-state index in [1.54, 1.807) is 23.5 Å². The van der Waals surface area contributed by atoms with Crippen LogP contribution in [0.2, 0.25) is 0 Å². The second-order valence-corrected chi connectivity index (χ2v) is 5.14. The Labute approximate surface area is 74.8 Å². The number of carbonyl (C=O) groups excluding carboxylic acids is 1. The van der Waals surface area contributed by atoms with E-state index in [9.17, 15) is 4.79 Å². The molecule has 0 N–H and O–H groups in total. The zero-order valence-corrected chi connectivity index (χ0v) is 8.34. The summed E-state index contributed by atoms with van der Waals surface area (Å²) in [6, 6.07) is 0. The van der Waals surface area contributed by atoms with E-state index in [2.05, 4.69) is 4.74 Å². The molecule has 0 saturated heterocycles. The van der Waals surface area contributed by atoms with Crippen molar-refractivity contribution in [1.82, 2.24) is 0 Å². The minimum Gasteiger partial charge on any atom is -0.468 e. The van der Waals surface area contributed by atoms with Crippen LogP contribution in [0.5, 0.6) is 0 Å². The minimum atomic E-state index is -0.142. The van der Waals surface area contributed by atoms with Gasteiger partial charge in [-0.1, -0.05) is 0 Å². The van der Waals surface area contributed by atoms with Crippen molar-refractivity contribution >= 4 is 29.5 Å². The molecule has 1 heterocycles. The highest BCUT2D eigenvalue weighted by molar-refractivity contribution is 8.24. The topological polar surface area (TPSA) is 26.3 Å². The van der Waals surface area contributed by atoms with Gasteiger partial charge in [-0.3, -0.25) is 0 Å².